The Morgan fingerprint density at radius 1 is 1.00 bits per heavy atom. The Morgan fingerprint density at radius 3 is 2.33 bits per heavy atom. The lowest BCUT2D eigenvalue weighted by Gasteiger charge is -2.08. The first kappa shape index (κ1) is 16.1. The van der Waals surface area contributed by atoms with Crippen LogP contribution in [0.25, 0.3) is 0 Å². The summed E-state index contributed by atoms with van der Waals surface area (Å²) >= 11 is 5.63. The van der Waals surface area contributed by atoms with E-state index in [0.29, 0.717) is 22.9 Å². The van der Waals surface area contributed by atoms with Crippen LogP contribution in [0.15, 0.2) is 36.4 Å². The summed E-state index contributed by atoms with van der Waals surface area (Å²) in [5.74, 6) is -0.511. The van der Waals surface area contributed by atoms with Gasteiger partial charge in [0, 0.05) is 17.4 Å². The number of nitrogens with one attached hydrogen (secondary N) is 2. The van der Waals surface area contributed by atoms with Gasteiger partial charge in [0.15, 0.2) is 11.5 Å². The molecule has 2 aromatic rings. The maximum atomic E-state index is 13.1. The van der Waals surface area contributed by atoms with Gasteiger partial charge in [0.25, 0.3) is 0 Å². The Bertz CT molecular complexity index is 813. The van der Waals surface area contributed by atoms with E-state index in [2.05, 4.69) is 10.6 Å². The van der Waals surface area contributed by atoms with Crippen molar-refractivity contribution in [1.29, 1.82) is 0 Å². The van der Waals surface area contributed by atoms with E-state index in [1.807, 2.05) is 0 Å². The van der Waals surface area contributed by atoms with Crippen molar-refractivity contribution in [3.05, 3.63) is 47.2 Å². The molecule has 6 nitrogen and oxygen atoms in total. The summed E-state index contributed by atoms with van der Waals surface area (Å²) in [4.78, 5) is 23.7. The van der Waals surface area contributed by atoms with Gasteiger partial charge in [-0.05, 0) is 30.3 Å². The van der Waals surface area contributed by atoms with E-state index in [1.54, 1.807) is 18.2 Å². The number of carbonyl (C=O) groups excluding carboxylic acids is 2. The fourth-order valence-corrected chi connectivity index (χ4v) is 2.28. The summed E-state index contributed by atoms with van der Waals surface area (Å²) in [5.41, 5.74) is 0.796. The van der Waals surface area contributed by atoms with Gasteiger partial charge in [-0.25, -0.2) is 4.39 Å². The van der Waals surface area contributed by atoms with Crippen molar-refractivity contribution in [2.45, 2.75) is 6.42 Å². The summed E-state index contributed by atoms with van der Waals surface area (Å²) in [6.45, 7) is 0.134. The predicted octanol–water partition coefficient (Wildman–Crippen LogP) is 3.18. The largest absolute Gasteiger partial charge is 0.454 e. The molecule has 1 heterocycles. The molecule has 0 aliphatic carbocycles. The highest BCUT2D eigenvalue weighted by Gasteiger charge is 2.15. The number of ether oxygens (including phenoxy) is 2. The molecule has 0 saturated heterocycles. The minimum Gasteiger partial charge on any atom is -0.454 e. The predicted molar refractivity (Wildman–Crippen MR) is 85.9 cm³/mol. The van der Waals surface area contributed by atoms with Gasteiger partial charge in [-0.3, -0.25) is 9.59 Å². The summed E-state index contributed by atoms with van der Waals surface area (Å²) in [6, 6.07) is 8.67. The molecule has 0 atom stereocenters. The molecule has 0 saturated carbocycles. The Labute approximate surface area is 141 Å². The van der Waals surface area contributed by atoms with Gasteiger partial charge in [0.05, 0.1) is 5.02 Å². The lowest BCUT2D eigenvalue weighted by atomic mass is 10.2. The number of fused-ring (bicyclic) bond motifs is 1. The van der Waals surface area contributed by atoms with Crippen molar-refractivity contribution in [3.63, 3.8) is 0 Å². The average Bonchev–Trinajstić information content (AvgIpc) is 2.98. The summed E-state index contributed by atoms with van der Waals surface area (Å²) < 4.78 is 23.4. The fraction of sp³-hybridized carbons (Fsp3) is 0.125. The van der Waals surface area contributed by atoms with Crippen LogP contribution in [0.3, 0.4) is 0 Å². The van der Waals surface area contributed by atoms with Crippen LogP contribution < -0.4 is 20.1 Å². The molecular formula is C16H12ClFN2O4. The third-order valence-corrected chi connectivity index (χ3v) is 3.47. The molecule has 0 spiro atoms. The molecule has 1 aliphatic heterocycles. The topological polar surface area (TPSA) is 76.7 Å². The standard InChI is InChI=1S/C16H12ClFN2O4/c17-11-5-9(1-3-12(11)18)19-15(21)7-16(22)20-10-2-4-13-14(6-10)24-8-23-13/h1-6H,7-8H2,(H,19,21)(H,20,22). The highest BCUT2D eigenvalue weighted by atomic mass is 35.5. The number of carbonyl (C=O) groups is 2. The highest BCUT2D eigenvalue weighted by molar-refractivity contribution is 6.31. The average molecular weight is 351 g/mol. The summed E-state index contributed by atoms with van der Waals surface area (Å²) in [7, 11) is 0. The molecule has 2 N–H and O–H groups in total. The van der Waals surface area contributed by atoms with Crippen LogP contribution in [-0.2, 0) is 9.59 Å². The van der Waals surface area contributed by atoms with Crippen molar-refractivity contribution < 1.29 is 23.5 Å². The second-order valence-electron chi connectivity index (χ2n) is 4.97. The van der Waals surface area contributed by atoms with Crippen molar-refractivity contribution in [3.8, 4) is 11.5 Å². The van der Waals surface area contributed by atoms with Gasteiger partial charge >= 0.3 is 0 Å². The second-order valence-corrected chi connectivity index (χ2v) is 5.38. The van der Waals surface area contributed by atoms with Crippen molar-refractivity contribution in [2.75, 3.05) is 17.4 Å². The Kier molecular flexibility index (Phi) is 4.52. The number of benzene rings is 2. The van der Waals surface area contributed by atoms with Crippen LogP contribution in [0.5, 0.6) is 11.5 Å². The molecular weight excluding hydrogens is 339 g/mol. The van der Waals surface area contributed by atoms with Crippen LogP contribution in [-0.4, -0.2) is 18.6 Å². The Hall–Kier alpha value is -2.80. The number of halogens is 2. The highest BCUT2D eigenvalue weighted by Crippen LogP contribution is 2.34. The normalized spacial score (nSPS) is 11.9. The van der Waals surface area contributed by atoms with E-state index in [4.69, 9.17) is 21.1 Å². The molecule has 3 rings (SSSR count). The van der Waals surface area contributed by atoms with E-state index in [-0.39, 0.29) is 11.8 Å². The second kappa shape index (κ2) is 6.76. The third kappa shape index (κ3) is 3.75. The summed E-state index contributed by atoms with van der Waals surface area (Å²) in [5, 5.41) is 4.95. The van der Waals surface area contributed by atoms with Gasteiger partial charge in [0.2, 0.25) is 18.6 Å². The molecule has 0 fully saturated rings. The summed E-state index contributed by atoms with van der Waals surface area (Å²) in [6.07, 6.45) is -0.399. The number of rotatable bonds is 4. The van der Waals surface area contributed by atoms with Crippen molar-refractivity contribution >= 4 is 34.8 Å². The van der Waals surface area contributed by atoms with E-state index in [0.717, 1.165) is 6.07 Å². The SMILES string of the molecule is O=C(CC(=O)Nc1ccc2c(c1)OCO2)Nc1ccc(F)c(Cl)c1. The van der Waals surface area contributed by atoms with Crippen LogP contribution in [0.1, 0.15) is 6.42 Å². The first-order valence-corrected chi connectivity index (χ1v) is 7.33. The monoisotopic (exact) mass is 350 g/mol. The third-order valence-electron chi connectivity index (χ3n) is 3.18. The zero-order valence-corrected chi connectivity index (χ0v) is 13.0. The van der Waals surface area contributed by atoms with Crippen LogP contribution in [0.4, 0.5) is 15.8 Å². The maximum absolute atomic E-state index is 13.1. The van der Waals surface area contributed by atoms with Gasteiger partial charge in [-0.1, -0.05) is 11.6 Å². The molecule has 124 valence electrons. The van der Waals surface area contributed by atoms with Crippen LogP contribution in [0, 0.1) is 5.82 Å². The lowest BCUT2D eigenvalue weighted by Crippen LogP contribution is -2.21. The van der Waals surface area contributed by atoms with Gasteiger partial charge in [0.1, 0.15) is 12.2 Å². The van der Waals surface area contributed by atoms with E-state index in [1.165, 1.54) is 12.1 Å². The molecule has 1 aliphatic rings. The molecule has 8 heteroatoms. The van der Waals surface area contributed by atoms with Crippen molar-refractivity contribution in [2.24, 2.45) is 0 Å². The molecule has 0 unspecified atom stereocenters. The lowest BCUT2D eigenvalue weighted by molar-refractivity contribution is -0.123. The van der Waals surface area contributed by atoms with Crippen LogP contribution >= 0.6 is 11.6 Å². The van der Waals surface area contributed by atoms with Gasteiger partial charge in [-0.2, -0.15) is 0 Å². The fourth-order valence-electron chi connectivity index (χ4n) is 2.10. The smallest absolute Gasteiger partial charge is 0.233 e. The van der Waals surface area contributed by atoms with E-state index < -0.39 is 24.1 Å². The number of amides is 2. The van der Waals surface area contributed by atoms with Gasteiger partial charge in [-0.15, -0.1) is 0 Å². The van der Waals surface area contributed by atoms with Crippen LogP contribution in [0.2, 0.25) is 5.02 Å². The zero-order valence-electron chi connectivity index (χ0n) is 12.3. The molecule has 2 aromatic carbocycles. The van der Waals surface area contributed by atoms with Crippen molar-refractivity contribution in [1.82, 2.24) is 0 Å². The van der Waals surface area contributed by atoms with Gasteiger partial charge < -0.3 is 20.1 Å². The molecule has 2 amide bonds. The molecule has 24 heavy (non-hydrogen) atoms. The maximum Gasteiger partial charge on any atom is 0.233 e. The first-order valence-electron chi connectivity index (χ1n) is 6.95. The first-order chi connectivity index (χ1) is 11.5. The molecule has 0 bridgehead atoms. The zero-order chi connectivity index (χ0) is 17.1. The Balaban J connectivity index is 1.56. The number of hydrogen-bond acceptors (Lipinski definition) is 4. The van der Waals surface area contributed by atoms with E-state index >= 15 is 0 Å². The Morgan fingerprint density at radius 2 is 1.62 bits per heavy atom. The van der Waals surface area contributed by atoms with E-state index in [9.17, 15) is 14.0 Å². The minimum atomic E-state index is -0.588. The molecule has 0 radical (unpaired) electrons. The minimum absolute atomic E-state index is 0.113. The number of hydrogen-bond donors (Lipinski definition) is 2. The molecule has 0 aromatic heterocycles. The number of anilines is 2. The quantitative estimate of drug-likeness (QED) is 0.830.